The van der Waals surface area contributed by atoms with E-state index in [-0.39, 0.29) is 11.7 Å². The molecule has 0 radical (unpaired) electrons. The number of carbonyl (C=O) groups excluding carboxylic acids is 1. The predicted octanol–water partition coefficient (Wildman–Crippen LogP) is 2.75. The first kappa shape index (κ1) is 12.3. The van der Waals surface area contributed by atoms with Crippen LogP contribution in [0.4, 0.5) is 4.39 Å². The van der Waals surface area contributed by atoms with Gasteiger partial charge in [-0.2, -0.15) is 5.26 Å². The van der Waals surface area contributed by atoms with Crippen molar-refractivity contribution < 1.29 is 9.18 Å². The summed E-state index contributed by atoms with van der Waals surface area (Å²) in [5.74, 6) is -0.287. The van der Waals surface area contributed by atoms with Crippen molar-refractivity contribution in [2.75, 3.05) is 0 Å². The van der Waals surface area contributed by atoms with E-state index in [4.69, 9.17) is 5.26 Å². The second-order valence-electron chi connectivity index (χ2n) is 4.28. The highest BCUT2D eigenvalue weighted by Crippen LogP contribution is 2.24. The van der Waals surface area contributed by atoms with Gasteiger partial charge >= 0.3 is 0 Å². The highest BCUT2D eigenvalue weighted by molar-refractivity contribution is 5.80. The van der Waals surface area contributed by atoms with Gasteiger partial charge in [0.15, 0.2) is 0 Å². The van der Waals surface area contributed by atoms with Crippen LogP contribution in [0.2, 0.25) is 0 Å². The molecule has 0 saturated carbocycles. The standard InChI is InChI=1S/C14H13FN2O/c1-10-12(8-16)4-7-14(18)17(10)9-11-2-5-13(15)6-3-11/h2-3,5-6H,4,7,9H2,1H3. The van der Waals surface area contributed by atoms with E-state index in [0.29, 0.717) is 30.7 Å². The summed E-state index contributed by atoms with van der Waals surface area (Å²) in [6.45, 7) is 2.16. The highest BCUT2D eigenvalue weighted by Gasteiger charge is 2.23. The Morgan fingerprint density at radius 1 is 1.33 bits per heavy atom. The molecule has 1 aliphatic heterocycles. The molecule has 0 aromatic heterocycles. The van der Waals surface area contributed by atoms with Gasteiger partial charge in [-0.05, 0) is 31.0 Å². The number of allylic oxidation sites excluding steroid dienone is 2. The highest BCUT2D eigenvalue weighted by atomic mass is 19.1. The molecule has 0 saturated heterocycles. The van der Waals surface area contributed by atoms with Crippen LogP contribution in [0, 0.1) is 17.1 Å². The lowest BCUT2D eigenvalue weighted by molar-refractivity contribution is -0.130. The van der Waals surface area contributed by atoms with Crippen LogP contribution in [0.25, 0.3) is 0 Å². The van der Waals surface area contributed by atoms with Crippen molar-refractivity contribution in [3.8, 4) is 6.07 Å². The van der Waals surface area contributed by atoms with Crippen LogP contribution < -0.4 is 0 Å². The Kier molecular flexibility index (Phi) is 3.42. The minimum atomic E-state index is -0.298. The summed E-state index contributed by atoms with van der Waals surface area (Å²) in [5.41, 5.74) is 2.21. The molecule has 0 atom stereocenters. The third kappa shape index (κ3) is 2.40. The molecule has 92 valence electrons. The third-order valence-electron chi connectivity index (χ3n) is 3.12. The lowest BCUT2D eigenvalue weighted by Crippen LogP contribution is -2.32. The molecule has 1 aromatic carbocycles. The topological polar surface area (TPSA) is 44.1 Å². The zero-order valence-corrected chi connectivity index (χ0v) is 10.1. The Morgan fingerprint density at radius 2 is 2.00 bits per heavy atom. The largest absolute Gasteiger partial charge is 0.311 e. The van der Waals surface area contributed by atoms with Crippen LogP contribution in [0.1, 0.15) is 25.3 Å². The van der Waals surface area contributed by atoms with Gasteiger partial charge in [-0.3, -0.25) is 4.79 Å². The lowest BCUT2D eigenvalue weighted by Gasteiger charge is -2.28. The molecule has 1 heterocycles. The normalized spacial score (nSPS) is 15.8. The van der Waals surface area contributed by atoms with Crippen LogP contribution in [-0.4, -0.2) is 10.8 Å². The van der Waals surface area contributed by atoms with Gasteiger partial charge in [0.2, 0.25) is 5.91 Å². The molecule has 0 N–H and O–H groups in total. The van der Waals surface area contributed by atoms with Crippen molar-refractivity contribution in [3.63, 3.8) is 0 Å². The Balaban J connectivity index is 2.24. The molecule has 0 fully saturated rings. The van der Waals surface area contributed by atoms with Crippen molar-refractivity contribution in [1.29, 1.82) is 5.26 Å². The van der Waals surface area contributed by atoms with Crippen molar-refractivity contribution in [2.24, 2.45) is 0 Å². The number of rotatable bonds is 2. The summed E-state index contributed by atoms with van der Waals surface area (Å²) < 4.78 is 12.8. The summed E-state index contributed by atoms with van der Waals surface area (Å²) in [6.07, 6.45) is 0.877. The SMILES string of the molecule is CC1=C(C#N)CCC(=O)N1Cc1ccc(F)cc1. The predicted molar refractivity (Wildman–Crippen MR) is 64.5 cm³/mol. The smallest absolute Gasteiger partial charge is 0.227 e. The van der Waals surface area contributed by atoms with Crippen LogP contribution in [0.5, 0.6) is 0 Å². The van der Waals surface area contributed by atoms with Crippen LogP contribution in [0.3, 0.4) is 0 Å². The Hall–Kier alpha value is -2.15. The zero-order chi connectivity index (χ0) is 13.1. The quantitative estimate of drug-likeness (QED) is 0.802. The fraction of sp³-hybridized carbons (Fsp3) is 0.286. The third-order valence-corrected chi connectivity index (χ3v) is 3.12. The van der Waals surface area contributed by atoms with Crippen molar-refractivity contribution in [1.82, 2.24) is 4.90 Å². The molecule has 0 aliphatic carbocycles. The molecule has 4 heteroatoms. The van der Waals surface area contributed by atoms with Crippen LogP contribution in [0.15, 0.2) is 35.5 Å². The van der Waals surface area contributed by atoms with E-state index in [2.05, 4.69) is 6.07 Å². The van der Waals surface area contributed by atoms with E-state index >= 15 is 0 Å². The van der Waals surface area contributed by atoms with Gasteiger partial charge in [0, 0.05) is 17.7 Å². The molecule has 1 aromatic rings. The first-order valence-corrected chi connectivity index (χ1v) is 5.76. The number of benzene rings is 1. The molecule has 3 nitrogen and oxygen atoms in total. The Bertz CT molecular complexity index is 540. The fourth-order valence-corrected chi connectivity index (χ4v) is 2.01. The molecule has 18 heavy (non-hydrogen) atoms. The molecule has 2 rings (SSSR count). The average molecular weight is 244 g/mol. The molecule has 0 bridgehead atoms. The number of carbonyl (C=O) groups is 1. The van der Waals surface area contributed by atoms with Crippen LogP contribution >= 0.6 is 0 Å². The van der Waals surface area contributed by atoms with E-state index in [9.17, 15) is 9.18 Å². The summed E-state index contributed by atoms with van der Waals surface area (Å²) in [6, 6.07) is 8.16. The first-order chi connectivity index (χ1) is 8.61. The Morgan fingerprint density at radius 3 is 2.61 bits per heavy atom. The minimum Gasteiger partial charge on any atom is -0.311 e. The number of hydrogen-bond acceptors (Lipinski definition) is 2. The summed E-state index contributed by atoms with van der Waals surface area (Å²) in [7, 11) is 0. The second kappa shape index (κ2) is 5.01. The first-order valence-electron chi connectivity index (χ1n) is 5.76. The van der Waals surface area contributed by atoms with E-state index < -0.39 is 0 Å². The van der Waals surface area contributed by atoms with E-state index in [1.165, 1.54) is 12.1 Å². The lowest BCUT2D eigenvalue weighted by atomic mass is 10.0. The van der Waals surface area contributed by atoms with Crippen molar-refractivity contribution in [3.05, 3.63) is 46.9 Å². The second-order valence-corrected chi connectivity index (χ2v) is 4.28. The van der Waals surface area contributed by atoms with E-state index in [1.54, 1.807) is 24.0 Å². The molecule has 0 unspecified atom stereocenters. The maximum absolute atomic E-state index is 12.8. The van der Waals surface area contributed by atoms with E-state index in [1.807, 2.05) is 0 Å². The molecule has 0 spiro atoms. The van der Waals surface area contributed by atoms with Crippen LogP contribution in [-0.2, 0) is 11.3 Å². The van der Waals surface area contributed by atoms with Gasteiger partial charge in [0.05, 0.1) is 12.6 Å². The molecule has 1 aliphatic rings. The Labute approximate surface area is 105 Å². The number of amides is 1. The van der Waals surface area contributed by atoms with Gasteiger partial charge in [0.1, 0.15) is 5.82 Å². The number of nitrogens with zero attached hydrogens (tertiary/aromatic N) is 2. The van der Waals surface area contributed by atoms with Crippen molar-refractivity contribution >= 4 is 5.91 Å². The number of halogens is 1. The zero-order valence-electron chi connectivity index (χ0n) is 10.1. The summed E-state index contributed by atoms with van der Waals surface area (Å²) in [5, 5.41) is 8.97. The molecular formula is C14H13FN2O. The summed E-state index contributed by atoms with van der Waals surface area (Å²) >= 11 is 0. The monoisotopic (exact) mass is 244 g/mol. The summed E-state index contributed by atoms with van der Waals surface area (Å²) in [4.78, 5) is 13.4. The maximum Gasteiger partial charge on any atom is 0.227 e. The minimum absolute atomic E-state index is 0.0100. The molecule has 1 amide bonds. The average Bonchev–Trinajstić information content (AvgIpc) is 2.37. The van der Waals surface area contributed by atoms with Gasteiger partial charge < -0.3 is 4.90 Å². The van der Waals surface area contributed by atoms with Gasteiger partial charge in [-0.15, -0.1) is 0 Å². The van der Waals surface area contributed by atoms with Crippen molar-refractivity contribution in [2.45, 2.75) is 26.3 Å². The van der Waals surface area contributed by atoms with Gasteiger partial charge in [-0.25, -0.2) is 4.39 Å². The van der Waals surface area contributed by atoms with E-state index in [0.717, 1.165) is 5.56 Å². The maximum atomic E-state index is 12.8. The fourth-order valence-electron chi connectivity index (χ4n) is 2.01. The molecular weight excluding hydrogens is 231 g/mol. The number of nitriles is 1. The number of hydrogen-bond donors (Lipinski definition) is 0. The van der Waals surface area contributed by atoms with Gasteiger partial charge in [0.25, 0.3) is 0 Å². The van der Waals surface area contributed by atoms with Gasteiger partial charge in [-0.1, -0.05) is 12.1 Å².